The van der Waals surface area contributed by atoms with Crippen LogP contribution in [0.3, 0.4) is 0 Å². The zero-order chi connectivity index (χ0) is 23.1. The van der Waals surface area contributed by atoms with E-state index in [4.69, 9.17) is 0 Å². The second-order valence-electron chi connectivity index (χ2n) is 9.09. The van der Waals surface area contributed by atoms with E-state index in [2.05, 4.69) is 40.7 Å². The molecule has 3 aromatic rings. The van der Waals surface area contributed by atoms with Gasteiger partial charge in [-0.2, -0.15) is 0 Å². The zero-order valence-electron chi connectivity index (χ0n) is 19.0. The number of aromatic nitrogens is 1. The Hall–Kier alpha value is -3.61. The molecule has 1 unspecified atom stereocenters. The van der Waals surface area contributed by atoms with Crippen molar-refractivity contribution in [3.8, 4) is 0 Å². The summed E-state index contributed by atoms with van der Waals surface area (Å²) in [4.78, 5) is 41.8. The molecule has 7 heteroatoms. The van der Waals surface area contributed by atoms with Gasteiger partial charge < -0.3 is 20.5 Å². The van der Waals surface area contributed by atoms with Gasteiger partial charge in [0, 0.05) is 47.4 Å². The van der Waals surface area contributed by atoms with Gasteiger partial charge in [-0.25, -0.2) is 0 Å². The minimum atomic E-state index is -0.229. The Morgan fingerprint density at radius 1 is 1.12 bits per heavy atom. The Labute approximate surface area is 192 Å². The first-order valence-electron chi connectivity index (χ1n) is 11.5. The summed E-state index contributed by atoms with van der Waals surface area (Å²) >= 11 is 0. The molecule has 0 radical (unpaired) electrons. The fourth-order valence-corrected chi connectivity index (χ4v) is 5.02. The number of hydrogen-bond acceptors (Lipinski definition) is 3. The second-order valence-corrected chi connectivity index (χ2v) is 9.09. The van der Waals surface area contributed by atoms with Crippen LogP contribution in [0.25, 0.3) is 10.9 Å². The van der Waals surface area contributed by atoms with Crippen molar-refractivity contribution in [2.45, 2.75) is 45.6 Å². The van der Waals surface area contributed by atoms with Crippen LogP contribution in [-0.2, 0) is 28.9 Å². The van der Waals surface area contributed by atoms with Crippen LogP contribution in [0.5, 0.6) is 0 Å². The van der Waals surface area contributed by atoms with E-state index in [0.717, 1.165) is 36.0 Å². The fraction of sp³-hybridized carbons (Fsp3) is 0.346. The fourth-order valence-electron chi connectivity index (χ4n) is 5.02. The molecule has 1 aromatic heterocycles. The number of rotatable bonds is 4. The van der Waals surface area contributed by atoms with Crippen LogP contribution in [0, 0.1) is 6.92 Å². The van der Waals surface area contributed by atoms with Crippen LogP contribution in [0.4, 0.5) is 5.69 Å². The third kappa shape index (κ3) is 4.11. The van der Waals surface area contributed by atoms with Crippen molar-refractivity contribution in [1.82, 2.24) is 15.6 Å². The highest BCUT2D eigenvalue weighted by atomic mass is 16.2. The van der Waals surface area contributed by atoms with Gasteiger partial charge in [0.05, 0.1) is 6.54 Å². The van der Waals surface area contributed by atoms with Crippen LogP contribution in [0.1, 0.15) is 46.1 Å². The van der Waals surface area contributed by atoms with Crippen LogP contribution < -0.4 is 15.5 Å². The molecule has 170 valence electrons. The van der Waals surface area contributed by atoms with E-state index in [1.165, 1.54) is 29.1 Å². The maximum atomic E-state index is 13.0. The van der Waals surface area contributed by atoms with Gasteiger partial charge >= 0.3 is 0 Å². The van der Waals surface area contributed by atoms with Crippen molar-refractivity contribution in [1.29, 1.82) is 0 Å². The molecule has 2 aromatic carbocycles. The highest BCUT2D eigenvalue weighted by molar-refractivity contribution is 6.00. The largest absolute Gasteiger partial charge is 0.358 e. The van der Waals surface area contributed by atoms with Gasteiger partial charge in [0.15, 0.2) is 0 Å². The predicted molar refractivity (Wildman–Crippen MR) is 127 cm³/mol. The number of benzene rings is 2. The third-order valence-corrected chi connectivity index (χ3v) is 6.71. The molecule has 0 fully saturated rings. The van der Waals surface area contributed by atoms with Crippen molar-refractivity contribution < 1.29 is 14.4 Å². The number of aromatic amines is 1. The molecule has 0 bridgehead atoms. The monoisotopic (exact) mass is 444 g/mol. The van der Waals surface area contributed by atoms with Gasteiger partial charge in [-0.15, -0.1) is 0 Å². The lowest BCUT2D eigenvalue weighted by molar-refractivity contribution is -0.123. The Morgan fingerprint density at radius 3 is 2.79 bits per heavy atom. The number of fused-ring (bicyclic) bond motifs is 4. The second kappa shape index (κ2) is 8.39. The van der Waals surface area contributed by atoms with Gasteiger partial charge in [-0.05, 0) is 74.1 Å². The lowest BCUT2D eigenvalue weighted by Crippen LogP contribution is -2.39. The molecule has 2 heterocycles. The highest BCUT2D eigenvalue weighted by Crippen LogP contribution is 2.31. The summed E-state index contributed by atoms with van der Waals surface area (Å²) in [5.74, 6) is -0.453. The number of carbonyl (C=O) groups excluding carboxylic acids is 3. The molecule has 3 amide bonds. The molecule has 1 atom stereocenters. The van der Waals surface area contributed by atoms with Gasteiger partial charge in [-0.1, -0.05) is 11.6 Å². The molecular formula is C26H28N4O3. The summed E-state index contributed by atoms with van der Waals surface area (Å²) in [5.41, 5.74) is 7.41. The summed E-state index contributed by atoms with van der Waals surface area (Å²) in [5, 5.41) is 7.03. The van der Waals surface area contributed by atoms with E-state index in [1.54, 1.807) is 11.0 Å². The summed E-state index contributed by atoms with van der Waals surface area (Å²) in [6.45, 7) is 4.03. The molecule has 2 aliphatic rings. The number of anilines is 1. The molecule has 1 aliphatic carbocycles. The van der Waals surface area contributed by atoms with Crippen LogP contribution in [0.15, 0.2) is 36.4 Å². The Balaban J connectivity index is 1.28. The predicted octanol–water partition coefficient (Wildman–Crippen LogP) is 2.79. The summed E-state index contributed by atoms with van der Waals surface area (Å²) in [6, 6.07) is 12.1. The van der Waals surface area contributed by atoms with Crippen LogP contribution in [0.2, 0.25) is 0 Å². The quantitative estimate of drug-likeness (QED) is 0.578. The summed E-state index contributed by atoms with van der Waals surface area (Å²) < 4.78 is 0. The van der Waals surface area contributed by atoms with E-state index in [1.807, 2.05) is 12.1 Å². The van der Waals surface area contributed by atoms with E-state index in [9.17, 15) is 14.4 Å². The summed E-state index contributed by atoms with van der Waals surface area (Å²) in [6.07, 6.45) is 3.34. The van der Waals surface area contributed by atoms with Crippen LogP contribution in [-0.4, -0.2) is 41.8 Å². The average molecular weight is 445 g/mol. The smallest absolute Gasteiger partial charge is 0.251 e. The molecule has 1 aliphatic heterocycles. The van der Waals surface area contributed by atoms with Crippen LogP contribution >= 0.6 is 0 Å². The lowest BCUT2D eigenvalue weighted by Gasteiger charge is -2.24. The van der Waals surface area contributed by atoms with Crippen molar-refractivity contribution in [2.75, 3.05) is 18.0 Å². The first-order chi connectivity index (χ1) is 15.9. The Bertz CT molecular complexity index is 1280. The highest BCUT2D eigenvalue weighted by Gasteiger charge is 2.27. The van der Waals surface area contributed by atoms with Crippen molar-refractivity contribution in [3.63, 3.8) is 0 Å². The topological polar surface area (TPSA) is 94.3 Å². The zero-order valence-corrected chi connectivity index (χ0v) is 19.0. The van der Waals surface area contributed by atoms with Gasteiger partial charge in [0.1, 0.15) is 0 Å². The molecule has 5 rings (SSSR count). The van der Waals surface area contributed by atoms with Gasteiger partial charge in [-0.3, -0.25) is 14.4 Å². The number of carbonyl (C=O) groups is 3. The maximum Gasteiger partial charge on any atom is 0.251 e. The first kappa shape index (κ1) is 21.2. The number of amides is 3. The standard InChI is InChI=1S/C26H28N4O3/c1-15-3-6-22-20(11-15)21-13-19(5-7-23(21)29-22)28-26(33)18-4-8-24-17(12-18)9-10-30(24)25(32)14-27-16(2)31/h3-4,6,8,11-12,19,29H,5,7,9-10,13-14H2,1-2H3,(H,27,31)(H,28,33). The Morgan fingerprint density at radius 2 is 1.97 bits per heavy atom. The molecule has 0 saturated heterocycles. The van der Waals surface area contributed by atoms with Gasteiger partial charge in [0.25, 0.3) is 5.91 Å². The number of aryl methyl sites for hydroxylation is 2. The maximum absolute atomic E-state index is 13.0. The van der Waals surface area contributed by atoms with Gasteiger partial charge in [0.2, 0.25) is 11.8 Å². The number of nitrogens with zero attached hydrogens (tertiary/aromatic N) is 1. The van der Waals surface area contributed by atoms with Crippen molar-refractivity contribution >= 4 is 34.3 Å². The van der Waals surface area contributed by atoms with E-state index >= 15 is 0 Å². The minimum absolute atomic E-state index is 0.0198. The summed E-state index contributed by atoms with van der Waals surface area (Å²) in [7, 11) is 0. The molecular weight excluding hydrogens is 416 g/mol. The molecule has 0 spiro atoms. The number of hydrogen-bond donors (Lipinski definition) is 3. The van der Waals surface area contributed by atoms with E-state index < -0.39 is 0 Å². The SMILES string of the molecule is CC(=O)NCC(=O)N1CCc2cc(C(=O)NC3CCc4[nH]c5ccc(C)cc5c4C3)ccc21. The van der Waals surface area contributed by atoms with E-state index in [-0.39, 0.29) is 30.3 Å². The molecule has 7 nitrogen and oxygen atoms in total. The number of nitrogens with one attached hydrogen (secondary N) is 3. The first-order valence-corrected chi connectivity index (χ1v) is 11.5. The Kier molecular flexibility index (Phi) is 5.40. The molecule has 3 N–H and O–H groups in total. The lowest BCUT2D eigenvalue weighted by atomic mass is 9.91. The normalized spacial score (nSPS) is 16.9. The minimum Gasteiger partial charge on any atom is -0.358 e. The number of H-pyrrole nitrogens is 1. The average Bonchev–Trinajstić information content (AvgIpc) is 3.38. The van der Waals surface area contributed by atoms with Crippen molar-refractivity contribution in [3.05, 3.63) is 64.3 Å². The van der Waals surface area contributed by atoms with Crippen molar-refractivity contribution in [2.24, 2.45) is 0 Å². The van der Waals surface area contributed by atoms with E-state index in [0.29, 0.717) is 18.5 Å². The molecule has 0 saturated carbocycles. The molecule has 33 heavy (non-hydrogen) atoms. The third-order valence-electron chi connectivity index (χ3n) is 6.71.